The van der Waals surface area contributed by atoms with Crippen molar-refractivity contribution in [3.8, 4) is 0 Å². The topological polar surface area (TPSA) is 41.4 Å². The molecule has 2 aromatic rings. The second kappa shape index (κ2) is 7.83. The Kier molecular flexibility index (Phi) is 5.53. The fourth-order valence-electron chi connectivity index (χ4n) is 3.63. The van der Waals surface area contributed by atoms with Gasteiger partial charge in [-0.15, -0.1) is 0 Å². The van der Waals surface area contributed by atoms with Crippen LogP contribution in [0.5, 0.6) is 0 Å². The molecule has 25 heavy (non-hydrogen) atoms. The molecule has 134 valence electrons. The normalized spacial score (nSPS) is 17.3. The molecule has 1 aliphatic heterocycles. The Morgan fingerprint density at radius 3 is 2.76 bits per heavy atom. The van der Waals surface area contributed by atoms with Crippen LogP contribution >= 0.6 is 0 Å². The van der Waals surface area contributed by atoms with Crippen LogP contribution in [0.15, 0.2) is 36.7 Å². The molecule has 0 fully saturated rings. The lowest BCUT2D eigenvalue weighted by Crippen LogP contribution is -2.50. The zero-order valence-corrected chi connectivity index (χ0v) is 15.5. The molecule has 0 N–H and O–H groups in total. The number of carbonyl (C=O) groups is 1. The van der Waals surface area contributed by atoms with Gasteiger partial charge in [0, 0.05) is 46.0 Å². The second-order valence-corrected chi connectivity index (χ2v) is 6.87. The molecule has 1 atom stereocenters. The monoisotopic (exact) mass is 340 g/mol. The maximum absolute atomic E-state index is 13.0. The molecule has 5 nitrogen and oxygen atoms in total. The summed E-state index contributed by atoms with van der Waals surface area (Å²) in [5, 5.41) is 0. The first-order chi connectivity index (χ1) is 12.1. The number of hydrogen-bond acceptors (Lipinski definition) is 3. The van der Waals surface area contributed by atoms with Gasteiger partial charge in [-0.1, -0.05) is 31.2 Å². The van der Waals surface area contributed by atoms with Gasteiger partial charge in [0.05, 0.1) is 6.04 Å². The van der Waals surface area contributed by atoms with E-state index < -0.39 is 0 Å². The van der Waals surface area contributed by atoms with Gasteiger partial charge in [-0.3, -0.25) is 9.69 Å². The van der Waals surface area contributed by atoms with Crippen LogP contribution in [-0.4, -0.2) is 51.4 Å². The highest BCUT2D eigenvalue weighted by atomic mass is 16.2. The number of aryl methyl sites for hydroxylation is 2. The van der Waals surface area contributed by atoms with Gasteiger partial charge in [-0.05, 0) is 30.5 Å². The van der Waals surface area contributed by atoms with E-state index in [9.17, 15) is 4.79 Å². The maximum atomic E-state index is 13.0. The quantitative estimate of drug-likeness (QED) is 0.810. The van der Waals surface area contributed by atoms with Crippen molar-refractivity contribution in [1.82, 2.24) is 19.4 Å². The summed E-state index contributed by atoms with van der Waals surface area (Å²) in [5.74, 6) is 1.30. The molecule has 5 heteroatoms. The fourth-order valence-corrected chi connectivity index (χ4v) is 3.63. The van der Waals surface area contributed by atoms with Crippen molar-refractivity contribution in [3.63, 3.8) is 0 Å². The van der Waals surface area contributed by atoms with E-state index in [1.807, 2.05) is 36.0 Å². The van der Waals surface area contributed by atoms with Crippen LogP contribution in [0.25, 0.3) is 0 Å². The Morgan fingerprint density at radius 1 is 1.32 bits per heavy atom. The van der Waals surface area contributed by atoms with Gasteiger partial charge in [-0.25, -0.2) is 4.98 Å². The highest BCUT2D eigenvalue weighted by molar-refractivity contribution is 5.82. The lowest BCUT2D eigenvalue weighted by Gasteiger charge is -2.37. The smallest absolute Gasteiger partial charge is 0.240 e. The van der Waals surface area contributed by atoms with E-state index in [1.54, 1.807) is 0 Å². The molecule has 0 spiro atoms. The van der Waals surface area contributed by atoms with Crippen molar-refractivity contribution in [1.29, 1.82) is 0 Å². The van der Waals surface area contributed by atoms with Crippen LogP contribution in [0, 0.1) is 0 Å². The molecule has 1 aromatic carbocycles. The Morgan fingerprint density at radius 2 is 2.08 bits per heavy atom. The number of likely N-dealkylation sites (N-methyl/N-ethyl adjacent to an activating group) is 2. The Bertz CT molecular complexity index is 724. The molecule has 1 amide bonds. The highest BCUT2D eigenvalue weighted by Crippen LogP contribution is 2.24. The third-order valence-corrected chi connectivity index (χ3v) is 5.23. The molecule has 0 saturated heterocycles. The van der Waals surface area contributed by atoms with Gasteiger partial charge >= 0.3 is 0 Å². The van der Waals surface area contributed by atoms with Crippen LogP contribution < -0.4 is 0 Å². The molecule has 0 radical (unpaired) electrons. The molecule has 0 saturated carbocycles. The summed E-state index contributed by atoms with van der Waals surface area (Å²) >= 11 is 0. The lowest BCUT2D eigenvalue weighted by molar-refractivity contribution is -0.136. The zero-order chi connectivity index (χ0) is 17.8. The lowest BCUT2D eigenvalue weighted by atomic mass is 9.93. The van der Waals surface area contributed by atoms with Crippen molar-refractivity contribution in [2.45, 2.75) is 38.8 Å². The molecule has 0 unspecified atom stereocenters. The minimum absolute atomic E-state index is 0.0435. The van der Waals surface area contributed by atoms with Crippen molar-refractivity contribution in [3.05, 3.63) is 53.6 Å². The van der Waals surface area contributed by atoms with Crippen molar-refractivity contribution < 1.29 is 4.79 Å². The third-order valence-electron chi connectivity index (χ3n) is 5.23. The minimum atomic E-state index is -0.0435. The highest BCUT2D eigenvalue weighted by Gasteiger charge is 2.32. The molecule has 1 aromatic heterocycles. The minimum Gasteiger partial charge on any atom is -0.344 e. The SMILES string of the molecule is CCN1Cc2ccccc2C[C@H]1C(=O)N(C)CCCc1nccn1C. The Balaban J connectivity index is 1.60. The van der Waals surface area contributed by atoms with E-state index in [0.29, 0.717) is 0 Å². The first-order valence-electron chi connectivity index (χ1n) is 9.12. The summed E-state index contributed by atoms with van der Waals surface area (Å²) in [4.78, 5) is 21.5. The van der Waals surface area contributed by atoms with E-state index in [1.165, 1.54) is 11.1 Å². The summed E-state index contributed by atoms with van der Waals surface area (Å²) in [6, 6.07) is 8.44. The van der Waals surface area contributed by atoms with E-state index in [0.717, 1.165) is 44.7 Å². The van der Waals surface area contributed by atoms with E-state index >= 15 is 0 Å². The summed E-state index contributed by atoms with van der Waals surface area (Å²) in [6.07, 6.45) is 6.42. The number of hydrogen-bond donors (Lipinski definition) is 0. The first-order valence-corrected chi connectivity index (χ1v) is 9.12. The number of fused-ring (bicyclic) bond motifs is 1. The van der Waals surface area contributed by atoms with Gasteiger partial charge in [0.1, 0.15) is 5.82 Å². The van der Waals surface area contributed by atoms with Gasteiger partial charge in [0.2, 0.25) is 5.91 Å². The summed E-state index contributed by atoms with van der Waals surface area (Å²) in [6.45, 7) is 4.66. The molecule has 0 bridgehead atoms. The molecule has 1 aliphatic rings. The number of amides is 1. The van der Waals surface area contributed by atoms with Crippen LogP contribution in [-0.2, 0) is 31.2 Å². The summed E-state index contributed by atoms with van der Waals surface area (Å²) < 4.78 is 2.04. The molecule has 2 heterocycles. The van der Waals surface area contributed by atoms with Crippen LogP contribution in [0.4, 0.5) is 0 Å². The maximum Gasteiger partial charge on any atom is 0.240 e. The predicted octanol–water partition coefficient (Wildman–Crippen LogP) is 2.26. The number of aromatic nitrogens is 2. The van der Waals surface area contributed by atoms with Gasteiger partial charge < -0.3 is 9.47 Å². The summed E-state index contributed by atoms with van der Waals surface area (Å²) in [7, 11) is 3.94. The number of carbonyl (C=O) groups excluding carboxylic acids is 1. The van der Waals surface area contributed by atoms with Crippen LogP contribution in [0.3, 0.4) is 0 Å². The van der Waals surface area contributed by atoms with E-state index in [-0.39, 0.29) is 11.9 Å². The van der Waals surface area contributed by atoms with Gasteiger partial charge in [0.25, 0.3) is 0 Å². The second-order valence-electron chi connectivity index (χ2n) is 6.87. The summed E-state index contributed by atoms with van der Waals surface area (Å²) in [5.41, 5.74) is 2.66. The van der Waals surface area contributed by atoms with Crippen molar-refractivity contribution in [2.75, 3.05) is 20.1 Å². The number of imidazole rings is 1. The predicted molar refractivity (Wildman–Crippen MR) is 99.2 cm³/mol. The van der Waals surface area contributed by atoms with Crippen molar-refractivity contribution in [2.24, 2.45) is 7.05 Å². The average molecular weight is 340 g/mol. The van der Waals surface area contributed by atoms with Crippen LogP contribution in [0.1, 0.15) is 30.3 Å². The Labute approximate surface area is 150 Å². The molecular formula is C20H28N4O. The third kappa shape index (κ3) is 3.93. The van der Waals surface area contributed by atoms with Gasteiger partial charge in [0.15, 0.2) is 0 Å². The van der Waals surface area contributed by atoms with Crippen molar-refractivity contribution >= 4 is 5.91 Å². The first kappa shape index (κ1) is 17.7. The van der Waals surface area contributed by atoms with E-state index in [2.05, 4.69) is 41.1 Å². The largest absolute Gasteiger partial charge is 0.344 e. The van der Waals surface area contributed by atoms with E-state index in [4.69, 9.17) is 0 Å². The average Bonchev–Trinajstić information content (AvgIpc) is 3.04. The standard InChI is InChI=1S/C20H28N4O/c1-4-24-15-17-9-6-5-8-16(17)14-18(24)20(25)23(3)12-7-10-19-21-11-13-22(19)2/h5-6,8-9,11,13,18H,4,7,10,12,14-15H2,1-3H3/t18-/m0/s1. The Hall–Kier alpha value is -2.14. The number of benzene rings is 1. The fraction of sp³-hybridized carbons (Fsp3) is 0.500. The van der Waals surface area contributed by atoms with Gasteiger partial charge in [-0.2, -0.15) is 0 Å². The number of rotatable bonds is 6. The molecule has 3 rings (SSSR count). The zero-order valence-electron chi connectivity index (χ0n) is 15.5. The number of nitrogens with zero attached hydrogens (tertiary/aromatic N) is 4. The molecule has 0 aliphatic carbocycles. The van der Waals surface area contributed by atoms with Crippen LogP contribution in [0.2, 0.25) is 0 Å². The molecular weight excluding hydrogens is 312 g/mol.